The number of benzene rings is 1. The lowest BCUT2D eigenvalue weighted by Crippen LogP contribution is -2.43. The van der Waals surface area contributed by atoms with Crippen molar-refractivity contribution in [2.75, 3.05) is 13.7 Å². The second kappa shape index (κ2) is 6.16. The van der Waals surface area contributed by atoms with Gasteiger partial charge in [0.25, 0.3) is 0 Å². The van der Waals surface area contributed by atoms with E-state index in [2.05, 4.69) is 6.08 Å². The van der Waals surface area contributed by atoms with Crippen LogP contribution in [0.25, 0.3) is 0 Å². The first-order chi connectivity index (χ1) is 12.7. The highest BCUT2D eigenvalue weighted by Crippen LogP contribution is 2.55. The molecule has 1 aliphatic carbocycles. The SMILES string of the molecule is COc1ccc2c3c1O[C@@H]1CC(O)C=CC31CCN(C(=O)OC(C)(C)C)C2. The van der Waals surface area contributed by atoms with Crippen molar-refractivity contribution in [3.05, 3.63) is 35.4 Å². The van der Waals surface area contributed by atoms with E-state index in [0.717, 1.165) is 16.9 Å². The molecule has 3 atom stereocenters. The zero-order valence-electron chi connectivity index (χ0n) is 16.3. The highest BCUT2D eigenvalue weighted by Gasteiger charge is 2.53. The van der Waals surface area contributed by atoms with E-state index >= 15 is 0 Å². The van der Waals surface area contributed by atoms with Crippen LogP contribution in [0, 0.1) is 0 Å². The molecule has 0 aromatic heterocycles. The van der Waals surface area contributed by atoms with Crippen molar-refractivity contribution >= 4 is 6.09 Å². The first kappa shape index (κ1) is 18.2. The van der Waals surface area contributed by atoms with E-state index in [1.165, 1.54) is 0 Å². The maximum Gasteiger partial charge on any atom is 0.410 e. The third-order valence-electron chi connectivity index (χ3n) is 5.61. The molecule has 2 aliphatic heterocycles. The molecule has 1 amide bonds. The summed E-state index contributed by atoms with van der Waals surface area (Å²) in [4.78, 5) is 14.5. The van der Waals surface area contributed by atoms with Gasteiger partial charge in [0.1, 0.15) is 11.7 Å². The monoisotopic (exact) mass is 373 g/mol. The summed E-state index contributed by atoms with van der Waals surface area (Å²) in [5, 5.41) is 10.1. The second-order valence-electron chi connectivity index (χ2n) is 8.59. The average molecular weight is 373 g/mol. The van der Waals surface area contributed by atoms with E-state index in [1.54, 1.807) is 12.0 Å². The molecule has 146 valence electrons. The molecule has 4 rings (SSSR count). The summed E-state index contributed by atoms with van der Waals surface area (Å²) in [5.74, 6) is 1.43. The van der Waals surface area contributed by atoms with Crippen molar-refractivity contribution in [1.82, 2.24) is 4.90 Å². The van der Waals surface area contributed by atoms with Gasteiger partial charge in [0, 0.05) is 25.1 Å². The van der Waals surface area contributed by atoms with Crippen molar-refractivity contribution in [1.29, 1.82) is 0 Å². The molecular formula is C21H27NO5. The number of aliphatic hydroxyl groups is 1. The molecule has 2 unspecified atom stereocenters. The van der Waals surface area contributed by atoms with Crippen molar-refractivity contribution in [2.24, 2.45) is 0 Å². The van der Waals surface area contributed by atoms with Gasteiger partial charge in [0.2, 0.25) is 0 Å². The largest absolute Gasteiger partial charge is 0.493 e. The highest BCUT2D eigenvalue weighted by atomic mass is 16.6. The lowest BCUT2D eigenvalue weighted by Gasteiger charge is -2.35. The molecule has 6 nitrogen and oxygen atoms in total. The fraction of sp³-hybridized carbons (Fsp3) is 0.571. The van der Waals surface area contributed by atoms with Crippen LogP contribution in [0.1, 0.15) is 44.7 Å². The third-order valence-corrected chi connectivity index (χ3v) is 5.61. The van der Waals surface area contributed by atoms with E-state index < -0.39 is 11.7 Å². The van der Waals surface area contributed by atoms with Crippen LogP contribution in [0.3, 0.4) is 0 Å². The van der Waals surface area contributed by atoms with Crippen LogP contribution in [0.2, 0.25) is 0 Å². The Labute approximate surface area is 159 Å². The standard InChI is InChI=1S/C21H27NO5/c1-20(2,3)27-19(24)22-10-9-21-8-7-14(23)11-16(21)26-18-15(25-4)6-5-13(12-22)17(18)21/h5-8,14,16,23H,9-12H2,1-4H3/t14?,16-,21?/m1/s1. The van der Waals surface area contributed by atoms with Crippen LogP contribution >= 0.6 is 0 Å². The molecule has 0 radical (unpaired) electrons. The van der Waals surface area contributed by atoms with Crippen LogP contribution in [0.5, 0.6) is 11.5 Å². The van der Waals surface area contributed by atoms with Gasteiger partial charge in [-0.15, -0.1) is 0 Å². The topological polar surface area (TPSA) is 68.2 Å². The van der Waals surface area contributed by atoms with Gasteiger partial charge in [0.05, 0.1) is 18.6 Å². The molecule has 0 fully saturated rings. The molecule has 0 bridgehead atoms. The van der Waals surface area contributed by atoms with E-state index in [4.69, 9.17) is 14.2 Å². The van der Waals surface area contributed by atoms with Gasteiger partial charge in [-0.2, -0.15) is 0 Å². The lowest BCUT2D eigenvalue weighted by molar-refractivity contribution is 0.0212. The van der Waals surface area contributed by atoms with Crippen LogP contribution in [-0.4, -0.2) is 47.6 Å². The van der Waals surface area contributed by atoms with Gasteiger partial charge in [-0.05, 0) is 38.8 Å². The summed E-state index contributed by atoms with van der Waals surface area (Å²) < 4.78 is 17.4. The van der Waals surface area contributed by atoms with Crippen molar-refractivity contribution in [3.8, 4) is 11.5 Å². The van der Waals surface area contributed by atoms with Gasteiger partial charge in [-0.3, -0.25) is 0 Å². The highest BCUT2D eigenvalue weighted by molar-refractivity contribution is 5.69. The van der Waals surface area contributed by atoms with Crippen LogP contribution in [0.15, 0.2) is 24.3 Å². The number of nitrogens with zero attached hydrogens (tertiary/aromatic N) is 1. The van der Waals surface area contributed by atoms with E-state index in [0.29, 0.717) is 31.7 Å². The van der Waals surface area contributed by atoms with Crippen molar-refractivity contribution < 1.29 is 24.1 Å². The Morgan fingerprint density at radius 2 is 2.15 bits per heavy atom. The maximum absolute atomic E-state index is 12.7. The number of carbonyl (C=O) groups is 1. The molecule has 1 aromatic carbocycles. The Kier molecular flexibility index (Phi) is 4.14. The van der Waals surface area contributed by atoms with Crippen LogP contribution in [0.4, 0.5) is 4.79 Å². The summed E-state index contributed by atoms with van der Waals surface area (Å²) in [6, 6.07) is 3.89. The van der Waals surface area contributed by atoms with Gasteiger partial charge >= 0.3 is 6.09 Å². The molecule has 1 N–H and O–H groups in total. The molecule has 6 heteroatoms. The molecule has 1 spiro atoms. The molecule has 2 heterocycles. The molecule has 27 heavy (non-hydrogen) atoms. The minimum atomic E-state index is -0.535. The zero-order chi connectivity index (χ0) is 19.4. The average Bonchev–Trinajstić information content (AvgIpc) is 2.81. The Balaban J connectivity index is 1.77. The van der Waals surface area contributed by atoms with Gasteiger partial charge in [-0.1, -0.05) is 18.2 Å². The summed E-state index contributed by atoms with van der Waals surface area (Å²) in [6.45, 7) is 6.65. The smallest absolute Gasteiger partial charge is 0.410 e. The van der Waals surface area contributed by atoms with E-state index in [9.17, 15) is 9.90 Å². The van der Waals surface area contributed by atoms with Gasteiger partial charge < -0.3 is 24.2 Å². The Morgan fingerprint density at radius 3 is 2.85 bits per heavy atom. The first-order valence-corrected chi connectivity index (χ1v) is 9.46. The number of aliphatic hydroxyl groups excluding tert-OH is 1. The number of hydrogen-bond acceptors (Lipinski definition) is 5. The number of ether oxygens (including phenoxy) is 3. The Bertz CT molecular complexity index is 796. The molecule has 0 saturated carbocycles. The third kappa shape index (κ3) is 2.96. The molecule has 0 saturated heterocycles. The molecule has 3 aliphatic rings. The summed E-state index contributed by atoms with van der Waals surface area (Å²) in [7, 11) is 1.63. The van der Waals surface area contributed by atoms with Crippen LogP contribution < -0.4 is 9.47 Å². The van der Waals surface area contributed by atoms with Crippen molar-refractivity contribution in [2.45, 2.75) is 63.4 Å². The number of methoxy groups -OCH3 is 1. The summed E-state index contributed by atoms with van der Waals surface area (Å²) in [5.41, 5.74) is 1.24. The normalized spacial score (nSPS) is 28.7. The maximum atomic E-state index is 12.7. The molecular weight excluding hydrogens is 346 g/mol. The molecule has 1 aromatic rings. The van der Waals surface area contributed by atoms with E-state index in [-0.39, 0.29) is 17.6 Å². The van der Waals surface area contributed by atoms with Gasteiger partial charge in [0.15, 0.2) is 11.5 Å². The Morgan fingerprint density at radius 1 is 1.37 bits per heavy atom. The number of hydrogen-bond donors (Lipinski definition) is 1. The fourth-order valence-electron chi connectivity index (χ4n) is 4.42. The summed E-state index contributed by atoms with van der Waals surface area (Å²) >= 11 is 0. The predicted octanol–water partition coefficient (Wildman–Crippen LogP) is 3.16. The predicted molar refractivity (Wildman–Crippen MR) is 100 cm³/mol. The Hall–Kier alpha value is -2.21. The minimum Gasteiger partial charge on any atom is -0.493 e. The quantitative estimate of drug-likeness (QED) is 0.766. The number of amides is 1. The lowest BCUT2D eigenvalue weighted by atomic mass is 9.69. The second-order valence-corrected chi connectivity index (χ2v) is 8.59. The summed E-state index contributed by atoms with van der Waals surface area (Å²) in [6.07, 6.45) is 4.17. The zero-order valence-corrected chi connectivity index (χ0v) is 16.3. The number of rotatable bonds is 1. The minimum absolute atomic E-state index is 0.166. The van der Waals surface area contributed by atoms with E-state index in [1.807, 2.05) is 39.0 Å². The number of carbonyl (C=O) groups excluding carboxylic acids is 1. The first-order valence-electron chi connectivity index (χ1n) is 9.46. The van der Waals surface area contributed by atoms with Gasteiger partial charge in [-0.25, -0.2) is 4.79 Å². The van der Waals surface area contributed by atoms with Crippen LogP contribution in [-0.2, 0) is 16.7 Å². The fourth-order valence-corrected chi connectivity index (χ4v) is 4.42. The van der Waals surface area contributed by atoms with Crippen molar-refractivity contribution in [3.63, 3.8) is 0 Å².